The Morgan fingerprint density at radius 2 is 1.32 bits per heavy atom. The Balaban J connectivity index is 1.48. The van der Waals surface area contributed by atoms with Gasteiger partial charge in [0.25, 0.3) is 0 Å². The smallest absolute Gasteiger partial charge is 0.127 e. The van der Waals surface area contributed by atoms with Gasteiger partial charge in [-0.3, -0.25) is 0 Å². The lowest BCUT2D eigenvalue weighted by Crippen LogP contribution is -2.22. The van der Waals surface area contributed by atoms with E-state index in [0.29, 0.717) is 0 Å². The van der Waals surface area contributed by atoms with Crippen LogP contribution in [0.3, 0.4) is 0 Å². The lowest BCUT2D eigenvalue weighted by molar-refractivity contribution is 0.234. The Hall–Kier alpha value is -2.94. The normalized spacial score (nSPS) is 12.3. The van der Waals surface area contributed by atoms with E-state index >= 15 is 0 Å². The van der Waals surface area contributed by atoms with Gasteiger partial charge < -0.3 is 14.8 Å². The fraction of sp³-hybridized carbons (Fsp3) is 0.280. The molecule has 0 aliphatic rings. The summed E-state index contributed by atoms with van der Waals surface area (Å²) < 4.78 is 11.8. The first-order valence-corrected chi connectivity index (χ1v) is 9.74. The molecular formula is C25H29NO2. The van der Waals surface area contributed by atoms with Crippen LogP contribution in [0.5, 0.6) is 17.2 Å². The zero-order chi connectivity index (χ0) is 20.0. The summed E-state index contributed by atoms with van der Waals surface area (Å²) in [6.45, 7) is 9.43. The summed E-state index contributed by atoms with van der Waals surface area (Å²) in [5.41, 5.74) is 2.50. The molecule has 3 aromatic rings. The third-order valence-corrected chi connectivity index (χ3v) is 4.48. The maximum atomic E-state index is 6.02. The van der Waals surface area contributed by atoms with E-state index in [1.54, 1.807) is 0 Å². The molecule has 146 valence electrons. The molecule has 0 radical (unpaired) electrons. The summed E-state index contributed by atoms with van der Waals surface area (Å²) in [4.78, 5) is 0. The molecule has 3 aromatic carbocycles. The quantitative estimate of drug-likeness (QED) is 0.501. The molecule has 0 fully saturated rings. The Morgan fingerprint density at radius 1 is 0.750 bits per heavy atom. The second-order valence-electron chi connectivity index (χ2n) is 8.02. The third kappa shape index (κ3) is 5.78. The Labute approximate surface area is 168 Å². The van der Waals surface area contributed by atoms with Crippen molar-refractivity contribution >= 4 is 5.69 Å². The van der Waals surface area contributed by atoms with E-state index in [0.717, 1.165) is 29.5 Å². The number of para-hydroxylation sites is 1. The molecule has 1 N–H and O–H groups in total. The zero-order valence-electron chi connectivity index (χ0n) is 17.1. The second-order valence-corrected chi connectivity index (χ2v) is 8.02. The van der Waals surface area contributed by atoms with E-state index in [9.17, 15) is 0 Å². The summed E-state index contributed by atoms with van der Waals surface area (Å²) >= 11 is 0. The van der Waals surface area contributed by atoms with Crippen LogP contribution in [0.15, 0.2) is 78.9 Å². The van der Waals surface area contributed by atoms with Crippen molar-refractivity contribution < 1.29 is 9.47 Å². The van der Waals surface area contributed by atoms with Crippen LogP contribution in [0.1, 0.15) is 33.3 Å². The van der Waals surface area contributed by atoms with Crippen LogP contribution in [0, 0.1) is 0 Å². The standard InChI is InChI=1S/C25H29NO2/c1-19(27-23-14-10-20(11-15-23)25(2,3)4)18-26-21-12-16-24(17-13-21)28-22-8-6-5-7-9-22/h5-17,19,26H,18H2,1-4H3. The number of hydrogen-bond acceptors (Lipinski definition) is 3. The average molecular weight is 376 g/mol. The monoisotopic (exact) mass is 375 g/mol. The minimum absolute atomic E-state index is 0.0562. The lowest BCUT2D eigenvalue weighted by atomic mass is 9.87. The molecule has 0 bridgehead atoms. The number of nitrogens with one attached hydrogen (secondary N) is 1. The molecule has 3 heteroatoms. The van der Waals surface area contributed by atoms with Gasteiger partial charge in [-0.2, -0.15) is 0 Å². The van der Waals surface area contributed by atoms with E-state index < -0.39 is 0 Å². The maximum Gasteiger partial charge on any atom is 0.127 e. The van der Waals surface area contributed by atoms with E-state index in [1.165, 1.54) is 5.56 Å². The van der Waals surface area contributed by atoms with E-state index in [4.69, 9.17) is 9.47 Å². The Bertz CT molecular complexity index is 850. The van der Waals surface area contributed by atoms with Crippen LogP contribution in [0.2, 0.25) is 0 Å². The first-order valence-electron chi connectivity index (χ1n) is 9.74. The fourth-order valence-corrected chi connectivity index (χ4v) is 2.83. The highest BCUT2D eigenvalue weighted by Crippen LogP contribution is 2.25. The zero-order valence-corrected chi connectivity index (χ0v) is 17.1. The lowest BCUT2D eigenvalue weighted by Gasteiger charge is -2.20. The van der Waals surface area contributed by atoms with Gasteiger partial charge in [-0.15, -0.1) is 0 Å². The minimum Gasteiger partial charge on any atom is -0.489 e. The van der Waals surface area contributed by atoms with Crippen molar-refractivity contribution in [3.8, 4) is 17.2 Å². The van der Waals surface area contributed by atoms with Crippen molar-refractivity contribution in [3.63, 3.8) is 0 Å². The van der Waals surface area contributed by atoms with Crippen LogP contribution in [-0.2, 0) is 5.41 Å². The van der Waals surface area contributed by atoms with E-state index in [2.05, 4.69) is 45.1 Å². The molecule has 3 nitrogen and oxygen atoms in total. The molecule has 0 aliphatic heterocycles. The largest absolute Gasteiger partial charge is 0.489 e. The molecule has 1 unspecified atom stereocenters. The number of rotatable bonds is 7. The molecule has 28 heavy (non-hydrogen) atoms. The van der Waals surface area contributed by atoms with Crippen LogP contribution in [0.25, 0.3) is 0 Å². The number of hydrogen-bond donors (Lipinski definition) is 1. The number of ether oxygens (including phenoxy) is 2. The van der Waals surface area contributed by atoms with Crippen molar-refractivity contribution in [1.82, 2.24) is 0 Å². The van der Waals surface area contributed by atoms with Crippen molar-refractivity contribution in [2.24, 2.45) is 0 Å². The molecule has 0 aliphatic carbocycles. The molecular weight excluding hydrogens is 346 g/mol. The molecule has 0 saturated carbocycles. The van der Waals surface area contributed by atoms with Gasteiger partial charge in [-0.05, 0) is 66.4 Å². The Kier molecular flexibility index (Phi) is 6.25. The predicted molar refractivity (Wildman–Crippen MR) is 117 cm³/mol. The SMILES string of the molecule is CC(CNc1ccc(Oc2ccccc2)cc1)Oc1ccc(C(C)(C)C)cc1. The van der Waals surface area contributed by atoms with Gasteiger partial charge in [0.15, 0.2) is 0 Å². The van der Waals surface area contributed by atoms with Gasteiger partial charge in [0.2, 0.25) is 0 Å². The highest BCUT2D eigenvalue weighted by Gasteiger charge is 2.13. The summed E-state index contributed by atoms with van der Waals surface area (Å²) in [7, 11) is 0. The van der Waals surface area contributed by atoms with Crippen LogP contribution in [0.4, 0.5) is 5.69 Å². The topological polar surface area (TPSA) is 30.5 Å². The minimum atomic E-state index is 0.0562. The van der Waals surface area contributed by atoms with Gasteiger partial charge in [0.05, 0.1) is 6.54 Å². The fourth-order valence-electron chi connectivity index (χ4n) is 2.83. The second kappa shape index (κ2) is 8.83. The highest BCUT2D eigenvalue weighted by atomic mass is 16.5. The van der Waals surface area contributed by atoms with Crippen LogP contribution < -0.4 is 14.8 Å². The van der Waals surface area contributed by atoms with Crippen LogP contribution >= 0.6 is 0 Å². The number of anilines is 1. The summed E-state index contributed by atoms with van der Waals surface area (Å²) in [5, 5.41) is 3.41. The molecule has 0 heterocycles. The summed E-state index contributed by atoms with van der Waals surface area (Å²) in [6, 6.07) is 26.1. The summed E-state index contributed by atoms with van der Waals surface area (Å²) in [5.74, 6) is 2.55. The molecule has 0 saturated heterocycles. The van der Waals surface area contributed by atoms with E-state index in [1.807, 2.05) is 66.7 Å². The average Bonchev–Trinajstić information content (AvgIpc) is 2.68. The number of benzene rings is 3. The van der Waals surface area contributed by atoms with Gasteiger partial charge in [0, 0.05) is 5.69 Å². The van der Waals surface area contributed by atoms with Gasteiger partial charge >= 0.3 is 0 Å². The highest BCUT2D eigenvalue weighted by molar-refractivity contribution is 5.47. The first kappa shape index (κ1) is 19.8. The molecule has 1 atom stereocenters. The van der Waals surface area contributed by atoms with E-state index in [-0.39, 0.29) is 11.5 Å². The van der Waals surface area contributed by atoms with Crippen molar-refractivity contribution in [3.05, 3.63) is 84.4 Å². The first-order chi connectivity index (χ1) is 13.4. The van der Waals surface area contributed by atoms with Crippen molar-refractivity contribution in [2.75, 3.05) is 11.9 Å². The third-order valence-electron chi connectivity index (χ3n) is 4.48. The molecule has 3 rings (SSSR count). The van der Waals surface area contributed by atoms with Gasteiger partial charge in [-0.25, -0.2) is 0 Å². The van der Waals surface area contributed by atoms with Crippen LogP contribution in [-0.4, -0.2) is 12.6 Å². The molecule has 0 spiro atoms. The van der Waals surface area contributed by atoms with Gasteiger partial charge in [0.1, 0.15) is 23.4 Å². The van der Waals surface area contributed by atoms with Gasteiger partial charge in [-0.1, -0.05) is 51.1 Å². The van der Waals surface area contributed by atoms with Crippen molar-refractivity contribution in [1.29, 1.82) is 0 Å². The Morgan fingerprint density at radius 3 is 1.93 bits per heavy atom. The molecule has 0 amide bonds. The predicted octanol–water partition coefficient (Wildman–Crippen LogP) is 6.66. The summed E-state index contributed by atoms with van der Waals surface area (Å²) in [6.07, 6.45) is 0.0562. The molecule has 0 aromatic heterocycles. The maximum absolute atomic E-state index is 6.02. The van der Waals surface area contributed by atoms with Crippen molar-refractivity contribution in [2.45, 2.75) is 39.2 Å².